The molecule has 0 aromatic rings. The minimum Gasteiger partial charge on any atom is -0.298 e. The number of hydrogen-bond acceptors (Lipinski definition) is 2. The lowest BCUT2D eigenvalue weighted by Gasteiger charge is -2.38. The quantitative estimate of drug-likeness (QED) is 0.751. The molecule has 1 N–H and O–H groups in total. The largest absolute Gasteiger partial charge is 0.298 e. The SMILES string of the molecule is CC1CCC(C(C)C)C(NOC2CCCC2)C1. The monoisotopic (exact) mass is 239 g/mol. The van der Waals surface area contributed by atoms with Gasteiger partial charge in [-0.25, -0.2) is 0 Å². The van der Waals surface area contributed by atoms with E-state index in [0.717, 1.165) is 17.8 Å². The van der Waals surface area contributed by atoms with E-state index >= 15 is 0 Å². The van der Waals surface area contributed by atoms with E-state index in [1.54, 1.807) is 0 Å². The third kappa shape index (κ3) is 3.69. The van der Waals surface area contributed by atoms with Gasteiger partial charge in [0.2, 0.25) is 0 Å². The van der Waals surface area contributed by atoms with Crippen LogP contribution in [0.2, 0.25) is 0 Å². The molecule has 2 aliphatic rings. The van der Waals surface area contributed by atoms with Crippen LogP contribution in [0.25, 0.3) is 0 Å². The van der Waals surface area contributed by atoms with Crippen molar-refractivity contribution < 1.29 is 4.84 Å². The molecule has 17 heavy (non-hydrogen) atoms. The number of rotatable bonds is 4. The average molecular weight is 239 g/mol. The zero-order chi connectivity index (χ0) is 12.3. The highest BCUT2D eigenvalue weighted by molar-refractivity contribution is 4.83. The van der Waals surface area contributed by atoms with Gasteiger partial charge in [0.05, 0.1) is 6.10 Å². The van der Waals surface area contributed by atoms with Gasteiger partial charge in [-0.15, -0.1) is 0 Å². The van der Waals surface area contributed by atoms with E-state index < -0.39 is 0 Å². The molecule has 0 aliphatic heterocycles. The smallest absolute Gasteiger partial charge is 0.0790 e. The van der Waals surface area contributed by atoms with Crippen molar-refractivity contribution in [1.29, 1.82) is 0 Å². The summed E-state index contributed by atoms with van der Waals surface area (Å²) in [7, 11) is 0. The topological polar surface area (TPSA) is 21.3 Å². The molecule has 0 aromatic heterocycles. The lowest BCUT2D eigenvalue weighted by Crippen LogP contribution is -2.44. The highest BCUT2D eigenvalue weighted by atomic mass is 16.7. The summed E-state index contributed by atoms with van der Waals surface area (Å²) in [4.78, 5) is 5.92. The van der Waals surface area contributed by atoms with E-state index in [4.69, 9.17) is 4.84 Å². The molecule has 2 heteroatoms. The standard InChI is InChI=1S/C15H29NO/c1-11(2)14-9-8-12(3)10-15(14)16-17-13-6-4-5-7-13/h11-16H,4-10H2,1-3H3. The average Bonchev–Trinajstić information content (AvgIpc) is 2.78. The maximum atomic E-state index is 5.92. The Morgan fingerprint density at radius 2 is 1.76 bits per heavy atom. The number of nitrogens with one attached hydrogen (secondary N) is 1. The number of hydroxylamine groups is 1. The predicted molar refractivity (Wildman–Crippen MR) is 71.6 cm³/mol. The summed E-state index contributed by atoms with van der Waals surface area (Å²) in [5.74, 6) is 2.43. The zero-order valence-corrected chi connectivity index (χ0v) is 11.7. The van der Waals surface area contributed by atoms with Crippen molar-refractivity contribution in [1.82, 2.24) is 5.48 Å². The molecule has 0 amide bonds. The molecule has 2 saturated carbocycles. The minimum absolute atomic E-state index is 0.486. The molecule has 0 radical (unpaired) electrons. The van der Waals surface area contributed by atoms with Gasteiger partial charge in [-0.3, -0.25) is 4.84 Å². The summed E-state index contributed by atoms with van der Waals surface area (Å²) in [6.45, 7) is 7.08. The summed E-state index contributed by atoms with van der Waals surface area (Å²) in [5, 5.41) is 0. The second-order valence-electron chi connectivity index (χ2n) is 6.57. The van der Waals surface area contributed by atoms with Crippen LogP contribution < -0.4 is 5.48 Å². The maximum Gasteiger partial charge on any atom is 0.0790 e. The Morgan fingerprint density at radius 3 is 2.41 bits per heavy atom. The summed E-state index contributed by atoms with van der Waals surface area (Å²) in [6, 6.07) is 0.583. The molecular weight excluding hydrogens is 210 g/mol. The Balaban J connectivity index is 1.81. The summed E-state index contributed by atoms with van der Waals surface area (Å²) >= 11 is 0. The molecule has 0 aromatic carbocycles. The summed E-state index contributed by atoms with van der Waals surface area (Å²) < 4.78 is 0. The Bertz CT molecular complexity index is 223. The van der Waals surface area contributed by atoms with E-state index in [2.05, 4.69) is 26.3 Å². The van der Waals surface area contributed by atoms with Gasteiger partial charge in [-0.2, -0.15) is 5.48 Å². The van der Waals surface area contributed by atoms with Crippen molar-refractivity contribution >= 4 is 0 Å². The Hall–Kier alpha value is -0.0800. The molecule has 2 nitrogen and oxygen atoms in total. The third-order valence-corrected chi connectivity index (χ3v) is 4.71. The maximum absolute atomic E-state index is 5.92. The Kier molecular flexibility index (Phi) is 4.87. The predicted octanol–water partition coefficient (Wildman–Crippen LogP) is 3.91. The first-order valence-electron chi connectivity index (χ1n) is 7.58. The van der Waals surface area contributed by atoms with Crippen LogP contribution in [0.3, 0.4) is 0 Å². The fourth-order valence-electron chi connectivity index (χ4n) is 3.53. The normalized spacial score (nSPS) is 35.6. The summed E-state index contributed by atoms with van der Waals surface area (Å²) in [5.41, 5.74) is 3.43. The fourth-order valence-corrected chi connectivity index (χ4v) is 3.53. The Morgan fingerprint density at radius 1 is 1.06 bits per heavy atom. The van der Waals surface area contributed by atoms with Gasteiger partial charge in [0, 0.05) is 6.04 Å². The van der Waals surface area contributed by atoms with Crippen molar-refractivity contribution in [3.05, 3.63) is 0 Å². The van der Waals surface area contributed by atoms with E-state index in [0.29, 0.717) is 12.1 Å². The van der Waals surface area contributed by atoms with Crippen LogP contribution in [0.5, 0.6) is 0 Å². The Labute approximate surface area is 106 Å². The van der Waals surface area contributed by atoms with Gasteiger partial charge in [-0.05, 0) is 43.4 Å². The molecule has 2 aliphatic carbocycles. The van der Waals surface area contributed by atoms with E-state index in [1.807, 2.05) is 0 Å². The molecule has 3 atom stereocenters. The highest BCUT2D eigenvalue weighted by Crippen LogP contribution is 2.33. The lowest BCUT2D eigenvalue weighted by molar-refractivity contribution is -0.0664. The molecule has 0 heterocycles. The molecular formula is C15H29NO. The first kappa shape index (κ1) is 13.4. The first-order valence-corrected chi connectivity index (χ1v) is 7.58. The van der Waals surface area contributed by atoms with E-state index in [1.165, 1.54) is 44.9 Å². The van der Waals surface area contributed by atoms with Crippen molar-refractivity contribution in [2.45, 2.75) is 77.9 Å². The molecule has 0 saturated heterocycles. The molecule has 2 rings (SSSR count). The molecule has 0 spiro atoms. The van der Waals surface area contributed by atoms with Gasteiger partial charge in [0.25, 0.3) is 0 Å². The molecule has 3 unspecified atom stereocenters. The van der Waals surface area contributed by atoms with Crippen molar-refractivity contribution in [2.75, 3.05) is 0 Å². The second kappa shape index (κ2) is 6.19. The summed E-state index contributed by atoms with van der Waals surface area (Å²) in [6.07, 6.45) is 9.73. The van der Waals surface area contributed by atoms with Gasteiger partial charge in [0.1, 0.15) is 0 Å². The van der Waals surface area contributed by atoms with E-state index in [-0.39, 0.29) is 0 Å². The first-order chi connectivity index (χ1) is 8.16. The van der Waals surface area contributed by atoms with Crippen molar-refractivity contribution in [3.8, 4) is 0 Å². The lowest BCUT2D eigenvalue weighted by atomic mass is 9.74. The van der Waals surface area contributed by atoms with Crippen LogP contribution in [0.15, 0.2) is 0 Å². The van der Waals surface area contributed by atoms with Crippen molar-refractivity contribution in [3.63, 3.8) is 0 Å². The minimum atomic E-state index is 0.486. The fraction of sp³-hybridized carbons (Fsp3) is 1.00. The van der Waals surface area contributed by atoms with Crippen molar-refractivity contribution in [2.24, 2.45) is 17.8 Å². The molecule has 2 fully saturated rings. The molecule has 100 valence electrons. The van der Waals surface area contributed by atoms with Crippen LogP contribution >= 0.6 is 0 Å². The van der Waals surface area contributed by atoms with Crippen LogP contribution in [-0.4, -0.2) is 12.1 Å². The van der Waals surface area contributed by atoms with E-state index in [9.17, 15) is 0 Å². The van der Waals surface area contributed by atoms with Gasteiger partial charge >= 0.3 is 0 Å². The van der Waals surface area contributed by atoms with Gasteiger partial charge < -0.3 is 0 Å². The van der Waals surface area contributed by atoms with Gasteiger partial charge in [0.15, 0.2) is 0 Å². The molecule has 0 bridgehead atoms. The van der Waals surface area contributed by atoms with Crippen LogP contribution in [0.4, 0.5) is 0 Å². The highest BCUT2D eigenvalue weighted by Gasteiger charge is 2.31. The zero-order valence-electron chi connectivity index (χ0n) is 11.7. The van der Waals surface area contributed by atoms with Crippen LogP contribution in [-0.2, 0) is 4.84 Å². The third-order valence-electron chi connectivity index (χ3n) is 4.71. The van der Waals surface area contributed by atoms with Gasteiger partial charge in [-0.1, -0.05) is 40.0 Å². The second-order valence-corrected chi connectivity index (χ2v) is 6.57. The number of hydrogen-bond donors (Lipinski definition) is 1. The van der Waals surface area contributed by atoms with Crippen LogP contribution in [0, 0.1) is 17.8 Å². The van der Waals surface area contributed by atoms with Crippen LogP contribution in [0.1, 0.15) is 65.7 Å².